The van der Waals surface area contributed by atoms with Crippen molar-refractivity contribution in [3.63, 3.8) is 0 Å². The minimum atomic E-state index is -0.600. The number of halogens is 2. The Morgan fingerprint density at radius 2 is 1.87 bits per heavy atom. The number of hydrogen-bond acceptors (Lipinski definition) is 3. The average Bonchev–Trinajstić information content (AvgIpc) is 3.24. The molecule has 0 aromatic heterocycles. The van der Waals surface area contributed by atoms with Crippen molar-refractivity contribution in [2.24, 2.45) is 11.8 Å². The van der Waals surface area contributed by atoms with Gasteiger partial charge in [-0.3, -0.25) is 4.79 Å². The van der Waals surface area contributed by atoms with E-state index in [4.69, 9.17) is 27.9 Å². The van der Waals surface area contributed by atoms with Crippen LogP contribution in [0.1, 0.15) is 38.2 Å². The van der Waals surface area contributed by atoms with Crippen molar-refractivity contribution < 1.29 is 14.3 Å². The number of benzene rings is 1. The van der Waals surface area contributed by atoms with Gasteiger partial charge in [-0.25, -0.2) is 4.79 Å². The molecule has 1 aromatic rings. The first-order valence-electron chi connectivity index (χ1n) is 7.66. The van der Waals surface area contributed by atoms with Gasteiger partial charge in [-0.2, -0.15) is 0 Å². The molecule has 4 nitrogen and oxygen atoms in total. The standard InChI is InChI=1S/C17H21Cl2NO3/c1-9(2)4-15(17(22)23-3)20-16(21)14-8-13(14)10-5-11(18)7-12(19)6-10/h5-7,9,13-15H,4,8H2,1-3H3,(H,20,21)/t13-,14+,15-/m1/s1. The first-order valence-corrected chi connectivity index (χ1v) is 8.41. The van der Waals surface area contributed by atoms with Crippen LogP contribution in [0.2, 0.25) is 10.0 Å². The molecule has 6 heteroatoms. The van der Waals surface area contributed by atoms with Gasteiger partial charge in [0.05, 0.1) is 7.11 Å². The molecule has 23 heavy (non-hydrogen) atoms. The van der Waals surface area contributed by atoms with E-state index in [0.29, 0.717) is 16.5 Å². The van der Waals surface area contributed by atoms with Gasteiger partial charge in [0.1, 0.15) is 6.04 Å². The Labute approximate surface area is 146 Å². The van der Waals surface area contributed by atoms with Gasteiger partial charge in [-0.1, -0.05) is 37.0 Å². The lowest BCUT2D eigenvalue weighted by Crippen LogP contribution is -2.43. The van der Waals surface area contributed by atoms with Crippen molar-refractivity contribution in [1.82, 2.24) is 5.32 Å². The monoisotopic (exact) mass is 357 g/mol. The third-order valence-electron chi connectivity index (χ3n) is 3.95. The van der Waals surface area contributed by atoms with Crippen LogP contribution in [0, 0.1) is 11.8 Å². The molecule has 2 rings (SSSR count). The lowest BCUT2D eigenvalue weighted by molar-refractivity contribution is -0.145. The largest absolute Gasteiger partial charge is 0.467 e. The quantitative estimate of drug-likeness (QED) is 0.787. The Kier molecular flexibility index (Phi) is 5.93. The highest BCUT2D eigenvalue weighted by Crippen LogP contribution is 2.48. The summed E-state index contributed by atoms with van der Waals surface area (Å²) in [5.74, 6) is -0.300. The smallest absolute Gasteiger partial charge is 0.328 e. The normalized spacial score (nSPS) is 21.0. The third kappa shape index (κ3) is 4.85. The van der Waals surface area contributed by atoms with Gasteiger partial charge in [0.15, 0.2) is 0 Å². The van der Waals surface area contributed by atoms with Gasteiger partial charge in [-0.05, 0) is 48.4 Å². The Morgan fingerprint density at radius 1 is 1.26 bits per heavy atom. The van der Waals surface area contributed by atoms with Crippen LogP contribution in [0.3, 0.4) is 0 Å². The number of hydrogen-bond donors (Lipinski definition) is 1. The molecule has 0 unspecified atom stereocenters. The lowest BCUT2D eigenvalue weighted by Gasteiger charge is -2.18. The van der Waals surface area contributed by atoms with E-state index in [1.807, 2.05) is 26.0 Å². The van der Waals surface area contributed by atoms with E-state index in [9.17, 15) is 9.59 Å². The van der Waals surface area contributed by atoms with Crippen molar-refractivity contribution in [3.05, 3.63) is 33.8 Å². The summed E-state index contributed by atoms with van der Waals surface area (Å²) in [6.07, 6.45) is 1.29. The highest BCUT2D eigenvalue weighted by atomic mass is 35.5. The molecule has 126 valence electrons. The second-order valence-electron chi connectivity index (χ2n) is 6.37. The van der Waals surface area contributed by atoms with Crippen LogP contribution in [0.4, 0.5) is 0 Å². The fourth-order valence-corrected chi connectivity index (χ4v) is 3.29. The molecule has 0 bridgehead atoms. The molecule has 0 spiro atoms. The summed E-state index contributed by atoms with van der Waals surface area (Å²) in [6.45, 7) is 3.99. The maximum Gasteiger partial charge on any atom is 0.328 e. The molecular weight excluding hydrogens is 337 g/mol. The summed E-state index contributed by atoms with van der Waals surface area (Å²) in [4.78, 5) is 24.2. The zero-order valence-electron chi connectivity index (χ0n) is 13.4. The number of carbonyl (C=O) groups is 2. The van der Waals surface area contributed by atoms with Crippen LogP contribution in [0.5, 0.6) is 0 Å². The molecule has 0 aliphatic heterocycles. The molecule has 0 radical (unpaired) electrons. The molecule has 1 aromatic carbocycles. The van der Waals surface area contributed by atoms with E-state index in [1.165, 1.54) is 7.11 Å². The summed E-state index contributed by atoms with van der Waals surface area (Å²) in [5, 5.41) is 3.93. The number of nitrogens with one attached hydrogen (secondary N) is 1. The van der Waals surface area contributed by atoms with Gasteiger partial charge in [0.2, 0.25) is 5.91 Å². The van der Waals surface area contributed by atoms with Crippen molar-refractivity contribution in [3.8, 4) is 0 Å². The van der Waals surface area contributed by atoms with Crippen LogP contribution in [0.25, 0.3) is 0 Å². The van der Waals surface area contributed by atoms with Gasteiger partial charge >= 0.3 is 5.97 Å². The summed E-state index contributed by atoms with van der Waals surface area (Å²) < 4.78 is 4.77. The minimum absolute atomic E-state index is 0.101. The van der Waals surface area contributed by atoms with E-state index in [-0.39, 0.29) is 23.7 Å². The SMILES string of the molecule is COC(=O)[C@@H](CC(C)C)NC(=O)[C@H]1C[C@@H]1c1cc(Cl)cc(Cl)c1. The van der Waals surface area contributed by atoms with Crippen molar-refractivity contribution in [1.29, 1.82) is 0 Å². The van der Waals surface area contributed by atoms with Crippen LogP contribution in [-0.4, -0.2) is 25.0 Å². The van der Waals surface area contributed by atoms with Crippen LogP contribution in [0.15, 0.2) is 18.2 Å². The van der Waals surface area contributed by atoms with Gasteiger partial charge in [0.25, 0.3) is 0 Å². The average molecular weight is 358 g/mol. The second kappa shape index (κ2) is 7.54. The third-order valence-corrected chi connectivity index (χ3v) is 4.39. The van der Waals surface area contributed by atoms with Crippen molar-refractivity contribution in [2.45, 2.75) is 38.6 Å². The predicted molar refractivity (Wildman–Crippen MR) is 90.7 cm³/mol. The summed E-state index contributed by atoms with van der Waals surface area (Å²) >= 11 is 12.0. The number of ether oxygens (including phenoxy) is 1. The van der Waals surface area contributed by atoms with Gasteiger partial charge in [0, 0.05) is 16.0 Å². The first-order chi connectivity index (χ1) is 10.8. The zero-order chi connectivity index (χ0) is 17.1. The van der Waals surface area contributed by atoms with Crippen LogP contribution < -0.4 is 5.32 Å². The van der Waals surface area contributed by atoms with Crippen LogP contribution >= 0.6 is 23.2 Å². The molecular formula is C17H21Cl2NO3. The molecule has 1 fully saturated rings. The lowest BCUT2D eigenvalue weighted by atomic mass is 10.0. The number of carbonyl (C=O) groups excluding carboxylic acids is 2. The topological polar surface area (TPSA) is 55.4 Å². The summed E-state index contributed by atoms with van der Waals surface area (Å²) in [5.41, 5.74) is 0.959. The predicted octanol–water partition coefficient (Wildman–Crippen LogP) is 3.80. The first kappa shape index (κ1) is 18.1. The van der Waals surface area contributed by atoms with Crippen LogP contribution in [-0.2, 0) is 14.3 Å². The number of amides is 1. The summed E-state index contributed by atoms with van der Waals surface area (Å²) in [6, 6.07) is 4.73. The zero-order valence-corrected chi connectivity index (χ0v) is 14.9. The number of methoxy groups -OCH3 is 1. The number of rotatable bonds is 6. The number of esters is 1. The van der Waals surface area contributed by atoms with E-state index in [1.54, 1.807) is 6.07 Å². The molecule has 1 aliphatic carbocycles. The van der Waals surface area contributed by atoms with Crippen molar-refractivity contribution >= 4 is 35.1 Å². The Morgan fingerprint density at radius 3 is 2.39 bits per heavy atom. The summed E-state index contributed by atoms with van der Waals surface area (Å²) in [7, 11) is 1.33. The fourth-order valence-electron chi connectivity index (χ4n) is 2.75. The molecule has 0 heterocycles. The molecule has 1 aliphatic rings. The van der Waals surface area contributed by atoms with E-state index >= 15 is 0 Å². The maximum atomic E-state index is 12.4. The Bertz CT molecular complexity index is 583. The van der Waals surface area contributed by atoms with Crippen molar-refractivity contribution in [2.75, 3.05) is 7.11 Å². The minimum Gasteiger partial charge on any atom is -0.467 e. The highest BCUT2D eigenvalue weighted by molar-refractivity contribution is 6.34. The van der Waals surface area contributed by atoms with Gasteiger partial charge < -0.3 is 10.1 Å². The molecule has 0 saturated heterocycles. The molecule has 1 N–H and O–H groups in total. The maximum absolute atomic E-state index is 12.4. The fraction of sp³-hybridized carbons (Fsp3) is 0.529. The Hall–Kier alpha value is -1.26. The molecule has 1 saturated carbocycles. The second-order valence-corrected chi connectivity index (χ2v) is 7.24. The van der Waals surface area contributed by atoms with E-state index in [0.717, 1.165) is 12.0 Å². The highest BCUT2D eigenvalue weighted by Gasteiger charge is 2.45. The van der Waals surface area contributed by atoms with Gasteiger partial charge in [-0.15, -0.1) is 0 Å². The molecule has 3 atom stereocenters. The van der Waals surface area contributed by atoms with E-state index in [2.05, 4.69) is 5.32 Å². The van der Waals surface area contributed by atoms with E-state index < -0.39 is 12.0 Å². The Balaban J connectivity index is 2.00. The molecule has 1 amide bonds.